The van der Waals surface area contributed by atoms with Crippen molar-refractivity contribution in [1.29, 1.82) is 0 Å². The third kappa shape index (κ3) is 2.54. The number of hydrogen-bond donors (Lipinski definition) is 0. The van der Waals surface area contributed by atoms with E-state index in [1.807, 2.05) is 0 Å². The van der Waals surface area contributed by atoms with E-state index in [0.29, 0.717) is 0 Å². The Hall–Kier alpha value is -1.96. The maximum atomic E-state index is 3.50. The third-order valence-electron chi connectivity index (χ3n) is 4.90. The molecule has 5 rings (SSSR count). The predicted octanol–water partition coefficient (Wildman–Crippen LogP) is 5.95. The summed E-state index contributed by atoms with van der Waals surface area (Å²) >= 11 is 0. The average molecular weight is 395 g/mol. The number of aryl methyl sites for hydroxylation is 1. The van der Waals surface area contributed by atoms with Gasteiger partial charge in [0.1, 0.15) is 0 Å². The van der Waals surface area contributed by atoms with Crippen molar-refractivity contribution in [2.24, 2.45) is 7.05 Å². The molecule has 2 heteroatoms. The zero-order valence-electron chi connectivity index (χ0n) is 14.0. The normalized spacial score (nSPS) is 11.1. The van der Waals surface area contributed by atoms with E-state index in [4.69, 9.17) is 0 Å². The monoisotopic (exact) mass is 395 g/mol. The van der Waals surface area contributed by atoms with Gasteiger partial charge in [0.05, 0.1) is 0 Å². The molecule has 0 spiro atoms. The minimum atomic E-state index is 0. The van der Waals surface area contributed by atoms with E-state index in [0.717, 1.165) is 5.39 Å². The molecule has 0 amide bonds. The van der Waals surface area contributed by atoms with Crippen LogP contribution in [0.3, 0.4) is 0 Å². The van der Waals surface area contributed by atoms with Gasteiger partial charge in [-0.25, -0.2) is 0 Å². The maximum Gasteiger partial charge on any atom is 0.0381 e. The summed E-state index contributed by atoms with van der Waals surface area (Å²) in [5.74, 6) is 0. The molecule has 5 aromatic rings. The summed E-state index contributed by atoms with van der Waals surface area (Å²) in [6.45, 7) is 0. The van der Waals surface area contributed by atoms with Crippen LogP contribution in [0.25, 0.3) is 43.7 Å². The summed E-state index contributed by atoms with van der Waals surface area (Å²) in [5.41, 5.74) is 5.02. The Morgan fingerprint density at radius 2 is 1.48 bits per heavy atom. The minimum Gasteiger partial charge on any atom is -0.361 e. The minimum absolute atomic E-state index is 0. The number of benzene rings is 4. The molecule has 1 nitrogen and oxygen atoms in total. The number of fused-ring (bicyclic) bond motifs is 5. The van der Waals surface area contributed by atoms with Crippen LogP contribution in [-0.2, 0) is 39.8 Å². The van der Waals surface area contributed by atoms with Gasteiger partial charge in [0, 0.05) is 45.3 Å². The zero-order valence-corrected chi connectivity index (χ0v) is 16.9. The van der Waals surface area contributed by atoms with Gasteiger partial charge in [-0.3, -0.25) is 0 Å². The van der Waals surface area contributed by atoms with Gasteiger partial charge < -0.3 is 4.57 Å². The van der Waals surface area contributed by atoms with E-state index >= 15 is 0 Å². The first kappa shape index (κ1) is 16.5. The molecule has 25 heavy (non-hydrogen) atoms. The molecule has 0 fully saturated rings. The second-order valence-corrected chi connectivity index (χ2v) is 6.25. The third-order valence-corrected chi connectivity index (χ3v) is 4.90. The van der Waals surface area contributed by atoms with Gasteiger partial charge in [0.2, 0.25) is 0 Å². The molecule has 0 N–H and O–H groups in total. The van der Waals surface area contributed by atoms with E-state index in [2.05, 4.69) is 96.5 Å². The van der Waals surface area contributed by atoms with Crippen LogP contribution in [0.4, 0.5) is 0 Å². The standard InChI is InChI=1S/C23H16N.Y/c1-24-22-10-6-5-9-20(22)21-14-12-18-15-17(11-13-19(18)23(21)24)16-7-3-2-4-8-16;/h2-11,13-15H,1H3;/q-1;. The van der Waals surface area contributed by atoms with Crippen molar-refractivity contribution in [3.05, 3.63) is 84.9 Å². The van der Waals surface area contributed by atoms with Gasteiger partial charge in [0.15, 0.2) is 0 Å². The summed E-state index contributed by atoms with van der Waals surface area (Å²) in [6.07, 6.45) is 0. The quantitative estimate of drug-likeness (QED) is 0.309. The molecule has 1 radical (unpaired) electrons. The summed E-state index contributed by atoms with van der Waals surface area (Å²) in [5, 5.41) is 4.98. The van der Waals surface area contributed by atoms with Crippen molar-refractivity contribution in [2.45, 2.75) is 0 Å². The molecule has 1 heterocycles. The fraction of sp³-hybridized carbons (Fsp3) is 0.0435. The van der Waals surface area contributed by atoms with E-state index in [-0.39, 0.29) is 32.7 Å². The molecule has 0 aliphatic rings. The van der Waals surface area contributed by atoms with Crippen molar-refractivity contribution in [2.75, 3.05) is 0 Å². The van der Waals surface area contributed by atoms with E-state index in [1.54, 1.807) is 0 Å². The molecular formula is C23H16NY-. The van der Waals surface area contributed by atoms with Crippen molar-refractivity contribution in [3.8, 4) is 11.1 Å². The molecule has 0 saturated heterocycles. The average Bonchev–Trinajstić information content (AvgIpc) is 2.95. The van der Waals surface area contributed by atoms with Crippen molar-refractivity contribution in [1.82, 2.24) is 4.57 Å². The van der Waals surface area contributed by atoms with Crippen LogP contribution >= 0.6 is 0 Å². The first-order valence-corrected chi connectivity index (χ1v) is 8.20. The smallest absolute Gasteiger partial charge is 0.0381 e. The van der Waals surface area contributed by atoms with Gasteiger partial charge in [-0.15, -0.1) is 23.6 Å². The fourth-order valence-corrected chi connectivity index (χ4v) is 3.72. The number of rotatable bonds is 1. The Morgan fingerprint density at radius 1 is 0.720 bits per heavy atom. The SMILES string of the molecule is Cn1c2ccccc2c2c[c-]c3cc(-c4ccccc4)ccc3c21.[Y]. The molecule has 0 saturated carbocycles. The first-order chi connectivity index (χ1) is 11.8. The molecule has 1 aromatic heterocycles. The molecule has 117 valence electrons. The van der Waals surface area contributed by atoms with E-state index < -0.39 is 0 Å². The Morgan fingerprint density at radius 3 is 2.32 bits per heavy atom. The molecule has 0 aliphatic carbocycles. The number of aromatic nitrogens is 1. The summed E-state index contributed by atoms with van der Waals surface area (Å²) in [4.78, 5) is 0. The Kier molecular flexibility index (Phi) is 4.23. The van der Waals surface area contributed by atoms with Crippen LogP contribution in [0.1, 0.15) is 0 Å². The molecule has 0 bridgehead atoms. The van der Waals surface area contributed by atoms with Crippen LogP contribution in [0, 0.1) is 6.07 Å². The second kappa shape index (κ2) is 6.40. The van der Waals surface area contributed by atoms with Gasteiger partial charge >= 0.3 is 0 Å². The zero-order chi connectivity index (χ0) is 16.1. The predicted molar refractivity (Wildman–Crippen MR) is 102 cm³/mol. The topological polar surface area (TPSA) is 4.93 Å². The Bertz CT molecular complexity index is 1200. The largest absolute Gasteiger partial charge is 0.361 e. The van der Waals surface area contributed by atoms with Crippen LogP contribution in [0.15, 0.2) is 78.9 Å². The maximum absolute atomic E-state index is 3.50. The van der Waals surface area contributed by atoms with E-state index in [1.165, 1.54) is 38.3 Å². The van der Waals surface area contributed by atoms with E-state index in [9.17, 15) is 0 Å². The molecule has 0 atom stereocenters. The first-order valence-electron chi connectivity index (χ1n) is 8.20. The molecule has 4 aromatic carbocycles. The van der Waals surface area contributed by atoms with Crippen LogP contribution in [0.2, 0.25) is 0 Å². The van der Waals surface area contributed by atoms with Crippen molar-refractivity contribution < 1.29 is 32.7 Å². The van der Waals surface area contributed by atoms with Crippen molar-refractivity contribution >= 4 is 32.6 Å². The fourth-order valence-electron chi connectivity index (χ4n) is 3.72. The molecular weight excluding hydrogens is 379 g/mol. The Balaban J connectivity index is 0.00000157. The summed E-state index contributed by atoms with van der Waals surface area (Å²) < 4.78 is 2.29. The Labute approximate surface area is 172 Å². The second-order valence-electron chi connectivity index (χ2n) is 6.25. The van der Waals surface area contributed by atoms with Gasteiger partial charge in [0.25, 0.3) is 0 Å². The number of nitrogens with zero attached hydrogens (tertiary/aromatic N) is 1. The van der Waals surface area contributed by atoms with Crippen LogP contribution in [-0.4, -0.2) is 4.57 Å². The van der Waals surface area contributed by atoms with Gasteiger partial charge in [-0.1, -0.05) is 77.0 Å². The molecule has 0 aliphatic heterocycles. The van der Waals surface area contributed by atoms with Crippen LogP contribution < -0.4 is 0 Å². The summed E-state index contributed by atoms with van der Waals surface area (Å²) in [6, 6.07) is 31.4. The van der Waals surface area contributed by atoms with Gasteiger partial charge in [-0.2, -0.15) is 0 Å². The number of para-hydroxylation sites is 1. The van der Waals surface area contributed by atoms with Crippen LogP contribution in [0.5, 0.6) is 0 Å². The van der Waals surface area contributed by atoms with Crippen molar-refractivity contribution in [3.63, 3.8) is 0 Å². The number of hydrogen-bond acceptors (Lipinski definition) is 0. The van der Waals surface area contributed by atoms with Gasteiger partial charge in [-0.05, 0) is 22.5 Å². The summed E-state index contributed by atoms with van der Waals surface area (Å²) in [7, 11) is 2.15. The molecule has 0 unspecified atom stereocenters.